The van der Waals surface area contributed by atoms with E-state index in [1.807, 2.05) is 20.8 Å². The zero-order valence-electron chi connectivity index (χ0n) is 12.0. The van der Waals surface area contributed by atoms with Crippen molar-refractivity contribution < 1.29 is 8.78 Å². The quantitative estimate of drug-likeness (QED) is 0.760. The molecule has 112 valence electrons. The molecule has 0 amide bonds. The number of anilines is 1. The van der Waals surface area contributed by atoms with Crippen molar-refractivity contribution in [1.29, 1.82) is 0 Å². The van der Waals surface area contributed by atoms with Crippen LogP contribution in [-0.4, -0.2) is 16.5 Å². The summed E-state index contributed by atoms with van der Waals surface area (Å²) in [5.41, 5.74) is 1.20. The second-order valence-corrected chi connectivity index (χ2v) is 6.02. The van der Waals surface area contributed by atoms with Crippen LogP contribution in [0.2, 0.25) is 0 Å². The topological polar surface area (TPSA) is 37.8 Å². The fourth-order valence-electron chi connectivity index (χ4n) is 1.94. The molecule has 0 aliphatic rings. The van der Waals surface area contributed by atoms with Gasteiger partial charge in [0.15, 0.2) is 5.82 Å². The lowest BCUT2D eigenvalue weighted by Gasteiger charge is -2.14. The molecule has 1 aromatic carbocycles. The van der Waals surface area contributed by atoms with Gasteiger partial charge in [-0.3, -0.25) is 0 Å². The van der Waals surface area contributed by atoms with Crippen molar-refractivity contribution in [3.63, 3.8) is 0 Å². The lowest BCUT2D eigenvalue weighted by Crippen LogP contribution is -2.09. The Morgan fingerprint density at radius 3 is 2.29 bits per heavy atom. The molecule has 0 saturated carbocycles. The van der Waals surface area contributed by atoms with E-state index in [1.165, 1.54) is 12.1 Å². The second kappa shape index (κ2) is 6.64. The summed E-state index contributed by atoms with van der Waals surface area (Å²) in [6.45, 7) is 6.72. The molecule has 21 heavy (non-hydrogen) atoms. The van der Waals surface area contributed by atoms with Crippen LogP contribution in [0.15, 0.2) is 18.2 Å². The zero-order valence-corrected chi connectivity index (χ0v) is 14.2. The van der Waals surface area contributed by atoms with Gasteiger partial charge in [0, 0.05) is 18.2 Å². The number of halogens is 3. The Bertz CT molecular complexity index is 639. The number of aromatic nitrogens is 2. The summed E-state index contributed by atoms with van der Waals surface area (Å²) in [7, 11) is 0. The highest BCUT2D eigenvalue weighted by Gasteiger charge is 2.16. The lowest BCUT2D eigenvalue weighted by molar-refractivity contribution is 0.584. The van der Waals surface area contributed by atoms with E-state index in [9.17, 15) is 8.78 Å². The number of rotatable bonds is 4. The molecular formula is C15H16F2IN3. The van der Waals surface area contributed by atoms with E-state index in [4.69, 9.17) is 0 Å². The molecule has 0 atom stereocenters. The third-order valence-corrected chi connectivity index (χ3v) is 3.95. The molecule has 1 heterocycles. The van der Waals surface area contributed by atoms with Crippen LogP contribution in [0.25, 0.3) is 11.4 Å². The standard InChI is InChI=1S/C15H16F2IN3/c1-4-19-15-12(18)13(8(2)3)20-14(21-15)9-5-10(16)7-11(17)6-9/h5-8H,4H2,1-3H3,(H,19,20,21). The van der Waals surface area contributed by atoms with Crippen LogP contribution in [-0.2, 0) is 0 Å². The minimum Gasteiger partial charge on any atom is -0.369 e. The first-order chi connectivity index (χ1) is 9.92. The predicted octanol–water partition coefficient (Wildman–Crippen LogP) is 4.58. The van der Waals surface area contributed by atoms with Crippen LogP contribution in [0.5, 0.6) is 0 Å². The third kappa shape index (κ3) is 3.66. The van der Waals surface area contributed by atoms with E-state index < -0.39 is 11.6 Å². The minimum atomic E-state index is -0.636. The Labute approximate surface area is 136 Å². The number of nitrogens with zero attached hydrogens (tertiary/aromatic N) is 2. The van der Waals surface area contributed by atoms with E-state index in [-0.39, 0.29) is 5.92 Å². The molecule has 0 bridgehead atoms. The van der Waals surface area contributed by atoms with Gasteiger partial charge in [0.25, 0.3) is 0 Å². The molecule has 0 unspecified atom stereocenters. The van der Waals surface area contributed by atoms with Crippen LogP contribution in [0.3, 0.4) is 0 Å². The van der Waals surface area contributed by atoms with E-state index in [2.05, 4.69) is 37.9 Å². The largest absolute Gasteiger partial charge is 0.369 e. The highest BCUT2D eigenvalue weighted by molar-refractivity contribution is 14.1. The number of benzene rings is 1. The summed E-state index contributed by atoms with van der Waals surface area (Å²) in [6.07, 6.45) is 0. The number of hydrogen-bond donors (Lipinski definition) is 1. The van der Waals surface area contributed by atoms with Gasteiger partial charge in [0.05, 0.1) is 9.26 Å². The van der Waals surface area contributed by atoms with Crippen molar-refractivity contribution >= 4 is 28.4 Å². The lowest BCUT2D eigenvalue weighted by atomic mass is 10.1. The van der Waals surface area contributed by atoms with Crippen molar-refractivity contribution in [2.45, 2.75) is 26.7 Å². The van der Waals surface area contributed by atoms with Crippen LogP contribution in [0.1, 0.15) is 32.4 Å². The summed E-state index contributed by atoms with van der Waals surface area (Å²) >= 11 is 2.19. The van der Waals surface area contributed by atoms with Crippen molar-refractivity contribution in [2.75, 3.05) is 11.9 Å². The average Bonchev–Trinajstić information content (AvgIpc) is 2.39. The van der Waals surface area contributed by atoms with Gasteiger partial charge in [-0.15, -0.1) is 0 Å². The van der Waals surface area contributed by atoms with Crippen LogP contribution >= 0.6 is 22.6 Å². The first-order valence-electron chi connectivity index (χ1n) is 6.70. The zero-order chi connectivity index (χ0) is 15.6. The Kier molecular flexibility index (Phi) is 5.08. The van der Waals surface area contributed by atoms with Gasteiger partial charge in [0.2, 0.25) is 0 Å². The maximum atomic E-state index is 13.4. The van der Waals surface area contributed by atoms with Crippen molar-refractivity contribution in [3.05, 3.63) is 39.1 Å². The Morgan fingerprint density at radius 1 is 1.14 bits per heavy atom. The van der Waals surface area contributed by atoms with Crippen LogP contribution in [0.4, 0.5) is 14.6 Å². The molecule has 1 N–H and O–H groups in total. The van der Waals surface area contributed by atoms with Gasteiger partial charge in [0.1, 0.15) is 17.5 Å². The molecule has 3 nitrogen and oxygen atoms in total. The van der Waals surface area contributed by atoms with Gasteiger partial charge in [-0.25, -0.2) is 18.7 Å². The molecule has 0 aliphatic carbocycles. The molecule has 2 rings (SSSR count). The highest BCUT2D eigenvalue weighted by Crippen LogP contribution is 2.28. The summed E-state index contributed by atoms with van der Waals surface area (Å²) in [5, 5.41) is 3.16. The highest BCUT2D eigenvalue weighted by atomic mass is 127. The predicted molar refractivity (Wildman–Crippen MR) is 88.4 cm³/mol. The first kappa shape index (κ1) is 16.1. The van der Waals surface area contributed by atoms with Gasteiger partial charge in [-0.2, -0.15) is 0 Å². The third-order valence-electron chi connectivity index (χ3n) is 2.89. The van der Waals surface area contributed by atoms with E-state index in [0.29, 0.717) is 23.8 Å². The van der Waals surface area contributed by atoms with Gasteiger partial charge in [-0.1, -0.05) is 13.8 Å². The van der Waals surface area contributed by atoms with E-state index in [0.717, 1.165) is 15.3 Å². The van der Waals surface area contributed by atoms with Crippen LogP contribution in [0, 0.1) is 15.2 Å². The van der Waals surface area contributed by atoms with Crippen molar-refractivity contribution in [3.8, 4) is 11.4 Å². The molecule has 6 heteroatoms. The number of nitrogens with one attached hydrogen (secondary N) is 1. The first-order valence-corrected chi connectivity index (χ1v) is 7.78. The minimum absolute atomic E-state index is 0.189. The Morgan fingerprint density at radius 2 is 1.76 bits per heavy atom. The Balaban J connectivity index is 2.62. The molecular weight excluding hydrogens is 387 g/mol. The molecule has 0 saturated heterocycles. The monoisotopic (exact) mass is 403 g/mol. The molecule has 0 radical (unpaired) electrons. The van der Waals surface area contributed by atoms with Crippen LogP contribution < -0.4 is 5.32 Å². The molecule has 0 spiro atoms. The Hall–Kier alpha value is -1.31. The SMILES string of the molecule is CCNc1nc(-c2cc(F)cc(F)c2)nc(C(C)C)c1I. The summed E-state index contributed by atoms with van der Waals surface area (Å²) in [6, 6.07) is 3.32. The maximum absolute atomic E-state index is 13.4. The summed E-state index contributed by atoms with van der Waals surface area (Å²) in [5.74, 6) is -0.0640. The normalized spacial score (nSPS) is 11.0. The molecule has 1 aromatic heterocycles. The van der Waals surface area contributed by atoms with Crippen molar-refractivity contribution in [1.82, 2.24) is 9.97 Å². The van der Waals surface area contributed by atoms with E-state index >= 15 is 0 Å². The fraction of sp³-hybridized carbons (Fsp3) is 0.333. The summed E-state index contributed by atoms with van der Waals surface area (Å²) in [4.78, 5) is 8.87. The molecule has 2 aromatic rings. The van der Waals surface area contributed by atoms with E-state index in [1.54, 1.807) is 0 Å². The second-order valence-electron chi connectivity index (χ2n) is 4.94. The van der Waals surface area contributed by atoms with Gasteiger partial charge < -0.3 is 5.32 Å². The summed E-state index contributed by atoms with van der Waals surface area (Å²) < 4.78 is 27.7. The molecule has 0 aliphatic heterocycles. The maximum Gasteiger partial charge on any atom is 0.162 e. The van der Waals surface area contributed by atoms with Crippen molar-refractivity contribution in [2.24, 2.45) is 0 Å². The van der Waals surface area contributed by atoms with Gasteiger partial charge >= 0.3 is 0 Å². The van der Waals surface area contributed by atoms with Gasteiger partial charge in [-0.05, 0) is 47.6 Å². The smallest absolute Gasteiger partial charge is 0.162 e. The number of hydrogen-bond acceptors (Lipinski definition) is 3. The molecule has 0 fully saturated rings. The average molecular weight is 403 g/mol. The fourth-order valence-corrected chi connectivity index (χ4v) is 3.00.